The van der Waals surface area contributed by atoms with Crippen LogP contribution in [0.2, 0.25) is 0 Å². The van der Waals surface area contributed by atoms with E-state index in [1.54, 1.807) is 0 Å². The summed E-state index contributed by atoms with van der Waals surface area (Å²) in [6.07, 6.45) is 2.16. The van der Waals surface area contributed by atoms with Crippen molar-refractivity contribution in [3.63, 3.8) is 0 Å². The summed E-state index contributed by atoms with van der Waals surface area (Å²) >= 11 is 0. The van der Waals surface area contributed by atoms with Crippen LogP contribution in [0.5, 0.6) is 0 Å². The molecule has 0 amide bonds. The molecule has 0 bridgehead atoms. The van der Waals surface area contributed by atoms with Crippen LogP contribution in [0, 0.1) is 0 Å². The van der Waals surface area contributed by atoms with Crippen molar-refractivity contribution in [3.05, 3.63) is 71.8 Å². The van der Waals surface area contributed by atoms with Gasteiger partial charge in [0.05, 0.1) is 25.3 Å². The Hall–Kier alpha value is -0.280. The molecular weight excluding hydrogens is 757 g/mol. The summed E-state index contributed by atoms with van der Waals surface area (Å²) in [5, 5.41) is 7.75. The topological polar surface area (TPSA) is 286 Å². The summed E-state index contributed by atoms with van der Waals surface area (Å²) in [5.41, 5.74) is 4.87. The largest absolute Gasteiger partial charge is 1.00 e. The SMILES string of the molecule is Nc1ccc(C=Cc2ccc(-n3nc4ccc5c(S(=O)(=O)[O-])cc(S(=O)(=O)[O-])cc5c4n3)cc2S(=O)(=O)[O-])c(S(=O)(=O)[O-])c1.[Na+].[Na+].[Na+].[Na+]. The molecule has 1 heterocycles. The molecule has 2 N–H and O–H groups in total. The predicted molar refractivity (Wildman–Crippen MR) is 148 cm³/mol. The van der Waals surface area contributed by atoms with Crippen LogP contribution in [0.25, 0.3) is 39.6 Å². The van der Waals surface area contributed by atoms with E-state index in [0.717, 1.165) is 47.3 Å². The fourth-order valence-corrected chi connectivity index (χ4v) is 7.02. The van der Waals surface area contributed by atoms with Gasteiger partial charge in [-0.05, 0) is 53.6 Å². The van der Waals surface area contributed by atoms with Crippen molar-refractivity contribution in [1.82, 2.24) is 15.0 Å². The Morgan fingerprint density at radius 3 is 1.60 bits per heavy atom. The fourth-order valence-electron chi connectivity index (χ4n) is 4.31. The zero-order valence-corrected chi connectivity index (χ0v) is 36.6. The number of nitrogens with zero attached hydrogens (tertiary/aromatic N) is 3. The van der Waals surface area contributed by atoms with E-state index in [4.69, 9.17) is 5.73 Å². The zero-order valence-electron chi connectivity index (χ0n) is 25.4. The number of rotatable bonds is 7. The maximum absolute atomic E-state index is 12.2. The first-order valence-electron chi connectivity index (χ1n) is 11.6. The van der Waals surface area contributed by atoms with E-state index in [-0.39, 0.29) is 163 Å². The van der Waals surface area contributed by atoms with Gasteiger partial charge in [-0.25, -0.2) is 33.7 Å². The molecule has 0 aliphatic rings. The molecule has 0 atom stereocenters. The Kier molecular flexibility index (Phi) is 15.8. The maximum atomic E-state index is 12.2. The minimum atomic E-state index is -5.26. The van der Waals surface area contributed by atoms with Crippen LogP contribution in [-0.2, 0) is 40.5 Å². The number of fused-ring (bicyclic) bond motifs is 3. The summed E-state index contributed by atoms with van der Waals surface area (Å²) in [4.78, 5) is -2.67. The van der Waals surface area contributed by atoms with Crippen molar-refractivity contribution < 1.29 is 170 Å². The van der Waals surface area contributed by atoms with Gasteiger partial charge in [-0.2, -0.15) is 4.80 Å². The summed E-state index contributed by atoms with van der Waals surface area (Å²) in [6.45, 7) is 0. The Balaban J connectivity index is 0.00000288. The van der Waals surface area contributed by atoms with Gasteiger partial charge in [0.15, 0.2) is 0 Å². The zero-order chi connectivity index (χ0) is 32.4. The normalized spacial score (nSPS) is 12.2. The van der Waals surface area contributed by atoms with Crippen LogP contribution >= 0.6 is 0 Å². The fraction of sp³-hybridized carbons (Fsp3) is 0. The molecule has 1 aromatic heterocycles. The van der Waals surface area contributed by atoms with Crippen molar-refractivity contribution in [3.8, 4) is 5.69 Å². The third kappa shape index (κ3) is 9.98. The van der Waals surface area contributed by atoms with Crippen LogP contribution in [0.3, 0.4) is 0 Å². The van der Waals surface area contributed by atoms with Gasteiger partial charge in [-0.3, -0.25) is 0 Å². The molecule has 230 valence electrons. The molecule has 5 rings (SSSR count). The molecule has 5 aromatic rings. The van der Waals surface area contributed by atoms with Crippen LogP contribution in [0.4, 0.5) is 5.69 Å². The Labute approximate surface area is 362 Å². The minimum Gasteiger partial charge on any atom is -0.744 e. The van der Waals surface area contributed by atoms with E-state index < -0.39 is 60.1 Å². The monoisotopic (exact) mass is 770 g/mol. The summed E-state index contributed by atoms with van der Waals surface area (Å²) in [5.74, 6) is 0. The first kappa shape index (κ1) is 45.7. The van der Waals surface area contributed by atoms with Gasteiger partial charge in [-0.1, -0.05) is 30.4 Å². The number of nitrogen functional groups attached to an aromatic ring is 1. The molecule has 0 saturated carbocycles. The number of nitrogens with two attached hydrogens (primary N) is 1. The average molecular weight is 771 g/mol. The second-order valence-electron chi connectivity index (χ2n) is 9.11. The van der Waals surface area contributed by atoms with E-state index in [0.29, 0.717) is 6.07 Å². The third-order valence-corrected chi connectivity index (χ3v) is 9.70. The summed E-state index contributed by atoms with van der Waals surface area (Å²) in [7, 11) is -20.7. The first-order valence-corrected chi connectivity index (χ1v) is 17.3. The molecule has 24 heteroatoms. The van der Waals surface area contributed by atoms with Crippen molar-refractivity contribution in [2.24, 2.45) is 0 Å². The molecule has 0 spiro atoms. The van der Waals surface area contributed by atoms with Gasteiger partial charge in [0.25, 0.3) is 0 Å². The van der Waals surface area contributed by atoms with E-state index in [9.17, 15) is 51.9 Å². The second kappa shape index (κ2) is 16.6. The Morgan fingerprint density at radius 1 is 0.562 bits per heavy atom. The molecule has 0 aliphatic carbocycles. The van der Waals surface area contributed by atoms with Gasteiger partial charge in [0.1, 0.15) is 51.5 Å². The standard InChI is InChI=1S/C24H18N4O12S4.4Na/c25-15-5-3-13(21(9-15)42(32,33)34)1-2-14-4-6-16(10-22(14)43(35,36)37)28-26-20-8-7-18-19(24(20)27-28)11-17(41(29,30)31)12-23(18)44(38,39)40;;;;/h1-12H,25H2,(H,29,30,31)(H,32,33,34)(H,35,36,37)(H,38,39,40);;;;/q;4*+1/p-4. The number of hydrogen-bond donors (Lipinski definition) is 1. The van der Waals surface area contributed by atoms with E-state index >= 15 is 0 Å². The molecule has 0 radical (unpaired) electrons. The van der Waals surface area contributed by atoms with E-state index in [2.05, 4.69) is 10.2 Å². The quantitative estimate of drug-likeness (QED) is 0.0696. The van der Waals surface area contributed by atoms with Crippen molar-refractivity contribution in [2.45, 2.75) is 19.6 Å². The number of benzene rings is 4. The molecule has 0 saturated heterocycles. The summed E-state index contributed by atoms with van der Waals surface area (Å²) < 4.78 is 142. The van der Waals surface area contributed by atoms with Gasteiger partial charge < -0.3 is 23.9 Å². The average Bonchev–Trinajstić information content (AvgIpc) is 3.34. The molecule has 16 nitrogen and oxygen atoms in total. The van der Waals surface area contributed by atoms with Crippen molar-refractivity contribution in [2.75, 3.05) is 5.73 Å². The molecular formula is C24H14N4Na4O12S4. The summed E-state index contributed by atoms with van der Waals surface area (Å²) in [6, 6.07) is 10.3. The maximum Gasteiger partial charge on any atom is 1.00 e. The van der Waals surface area contributed by atoms with Crippen molar-refractivity contribution in [1.29, 1.82) is 0 Å². The van der Waals surface area contributed by atoms with E-state index in [1.807, 2.05) is 0 Å². The Morgan fingerprint density at radius 2 is 1.08 bits per heavy atom. The van der Waals surface area contributed by atoms with Crippen LogP contribution in [0.1, 0.15) is 11.1 Å². The van der Waals surface area contributed by atoms with Crippen LogP contribution in [0.15, 0.2) is 80.2 Å². The third-order valence-electron chi connectivity index (χ3n) is 6.22. The first-order chi connectivity index (χ1) is 20.2. The number of hydrogen-bond acceptors (Lipinski definition) is 15. The van der Waals surface area contributed by atoms with Gasteiger partial charge >= 0.3 is 118 Å². The second-order valence-corrected chi connectivity index (χ2v) is 14.5. The van der Waals surface area contributed by atoms with Gasteiger partial charge in [0.2, 0.25) is 0 Å². The van der Waals surface area contributed by atoms with Crippen LogP contribution < -0.4 is 124 Å². The minimum absolute atomic E-state index is 0. The Bertz CT molecular complexity index is 2530. The predicted octanol–water partition coefficient (Wildman–Crippen LogP) is -11.0. The van der Waals surface area contributed by atoms with Gasteiger partial charge in [0, 0.05) is 16.5 Å². The molecule has 0 fully saturated rings. The number of anilines is 1. The number of aromatic nitrogens is 3. The molecule has 48 heavy (non-hydrogen) atoms. The smallest absolute Gasteiger partial charge is 0.744 e. The molecule has 0 unspecified atom stereocenters. The van der Waals surface area contributed by atoms with Gasteiger partial charge in [-0.15, -0.1) is 10.2 Å². The van der Waals surface area contributed by atoms with E-state index in [1.165, 1.54) is 24.3 Å². The van der Waals surface area contributed by atoms with Crippen molar-refractivity contribution >= 4 is 80.1 Å². The van der Waals surface area contributed by atoms with Crippen LogP contribution in [-0.4, -0.2) is 66.9 Å². The molecule has 4 aromatic carbocycles. The molecule has 0 aliphatic heterocycles.